The first-order chi connectivity index (χ1) is 16.0. The number of hydrogen-bond acceptors (Lipinski definition) is 6. The van der Waals surface area contributed by atoms with Crippen molar-refractivity contribution in [1.29, 1.82) is 0 Å². The summed E-state index contributed by atoms with van der Waals surface area (Å²) in [7, 11) is 1.49. The average Bonchev–Trinajstić information content (AvgIpc) is 3.13. The second-order valence-corrected chi connectivity index (χ2v) is 7.53. The van der Waals surface area contributed by atoms with E-state index in [1.165, 1.54) is 53.5 Å². The Morgan fingerprint density at radius 1 is 1.21 bits per heavy atom. The first-order valence-electron chi connectivity index (χ1n) is 10.0. The third kappa shape index (κ3) is 4.70. The van der Waals surface area contributed by atoms with Crippen LogP contribution in [0.1, 0.15) is 28.9 Å². The molecule has 1 aromatic carbocycles. The first-order valence-corrected chi connectivity index (χ1v) is 10.0. The van der Waals surface area contributed by atoms with Gasteiger partial charge >= 0.3 is 6.36 Å². The molecule has 4 aromatic rings. The third-order valence-electron chi connectivity index (χ3n) is 5.07. The molecule has 0 fully saturated rings. The van der Waals surface area contributed by atoms with Gasteiger partial charge in [0.2, 0.25) is 5.95 Å². The van der Waals surface area contributed by atoms with Crippen molar-refractivity contribution in [2.45, 2.75) is 19.3 Å². The van der Waals surface area contributed by atoms with Gasteiger partial charge in [-0.25, -0.2) is 4.52 Å². The fraction of sp³-hybridized carbons (Fsp3) is 0.182. The van der Waals surface area contributed by atoms with Gasteiger partial charge in [0.25, 0.3) is 11.5 Å². The maximum atomic E-state index is 13.0. The molecule has 1 atom stereocenters. The zero-order valence-electron chi connectivity index (χ0n) is 18.0. The summed E-state index contributed by atoms with van der Waals surface area (Å²) in [5, 5.41) is 6.63. The predicted molar refractivity (Wildman–Crippen MR) is 117 cm³/mol. The number of hydrogen-bond donors (Lipinski definition) is 2. The summed E-state index contributed by atoms with van der Waals surface area (Å²) in [4.78, 5) is 29.8. The standard InChI is InChI=1S/C22H19F3N6O3/c1-12(15-5-3-4-6-17(15)34-22(23,24)25)27-19(32)14-9-16(20(33)30(2)11-14)13-7-8-31-18(10-13)28-21(26)29-31/h3-12H,1-2H3,(H2,26,29)(H,27,32). The van der Waals surface area contributed by atoms with Crippen molar-refractivity contribution < 1.29 is 22.7 Å². The number of nitrogen functional groups attached to an aromatic ring is 1. The molecule has 34 heavy (non-hydrogen) atoms. The molecule has 0 saturated carbocycles. The Morgan fingerprint density at radius 3 is 2.68 bits per heavy atom. The zero-order chi connectivity index (χ0) is 24.6. The van der Waals surface area contributed by atoms with E-state index in [0.717, 1.165) is 0 Å². The lowest BCUT2D eigenvalue weighted by Crippen LogP contribution is -2.29. The minimum absolute atomic E-state index is 0.0713. The van der Waals surface area contributed by atoms with Gasteiger partial charge in [-0.15, -0.1) is 18.3 Å². The van der Waals surface area contributed by atoms with Gasteiger partial charge in [-0.1, -0.05) is 18.2 Å². The molecule has 0 aliphatic heterocycles. The minimum atomic E-state index is -4.87. The fourth-order valence-electron chi connectivity index (χ4n) is 3.52. The van der Waals surface area contributed by atoms with E-state index in [-0.39, 0.29) is 28.2 Å². The number of carbonyl (C=O) groups excluding carboxylic acids is 1. The number of aromatic nitrogens is 4. The number of halogens is 3. The van der Waals surface area contributed by atoms with E-state index in [0.29, 0.717) is 11.2 Å². The summed E-state index contributed by atoms with van der Waals surface area (Å²) in [6.45, 7) is 1.53. The van der Waals surface area contributed by atoms with Crippen molar-refractivity contribution in [2.24, 2.45) is 7.05 Å². The van der Waals surface area contributed by atoms with Gasteiger partial charge in [0.1, 0.15) is 5.75 Å². The summed E-state index contributed by atoms with van der Waals surface area (Å²) < 4.78 is 45.0. The second kappa shape index (κ2) is 8.54. The fourth-order valence-corrected chi connectivity index (χ4v) is 3.52. The van der Waals surface area contributed by atoms with E-state index >= 15 is 0 Å². The van der Waals surface area contributed by atoms with Crippen LogP contribution in [0.15, 0.2) is 59.7 Å². The molecule has 0 aliphatic rings. The van der Waals surface area contributed by atoms with Crippen molar-refractivity contribution in [3.05, 3.63) is 76.3 Å². The first kappa shape index (κ1) is 22.8. The lowest BCUT2D eigenvalue weighted by molar-refractivity contribution is -0.275. The molecule has 0 spiro atoms. The Morgan fingerprint density at radius 2 is 1.94 bits per heavy atom. The number of alkyl halides is 3. The van der Waals surface area contributed by atoms with Gasteiger partial charge in [-0.2, -0.15) is 4.98 Å². The molecule has 3 aromatic heterocycles. The van der Waals surface area contributed by atoms with Crippen LogP contribution in [0.5, 0.6) is 5.75 Å². The number of fused-ring (bicyclic) bond motifs is 1. The number of anilines is 1. The van der Waals surface area contributed by atoms with E-state index in [2.05, 4.69) is 20.1 Å². The lowest BCUT2D eigenvalue weighted by atomic mass is 10.0. The molecular weight excluding hydrogens is 453 g/mol. The van der Waals surface area contributed by atoms with Crippen LogP contribution in [0, 0.1) is 0 Å². The summed E-state index contributed by atoms with van der Waals surface area (Å²) in [6, 6.07) is 9.37. The molecule has 12 heteroatoms. The molecule has 4 rings (SSSR count). The Labute approximate surface area is 190 Å². The molecular formula is C22H19F3N6O3. The summed E-state index contributed by atoms with van der Waals surface area (Å²) >= 11 is 0. The smallest absolute Gasteiger partial charge is 0.405 e. The van der Waals surface area contributed by atoms with Crippen molar-refractivity contribution in [3.63, 3.8) is 0 Å². The number of pyridine rings is 2. The highest BCUT2D eigenvalue weighted by Crippen LogP contribution is 2.30. The van der Waals surface area contributed by atoms with E-state index < -0.39 is 24.1 Å². The number of nitrogens with zero attached hydrogens (tertiary/aromatic N) is 4. The maximum absolute atomic E-state index is 13.0. The highest BCUT2D eigenvalue weighted by atomic mass is 19.4. The minimum Gasteiger partial charge on any atom is -0.405 e. The lowest BCUT2D eigenvalue weighted by Gasteiger charge is -2.19. The van der Waals surface area contributed by atoms with Crippen LogP contribution in [-0.2, 0) is 7.05 Å². The van der Waals surface area contributed by atoms with E-state index in [4.69, 9.17) is 5.73 Å². The Hall–Kier alpha value is -4.35. The molecule has 1 unspecified atom stereocenters. The molecule has 9 nitrogen and oxygen atoms in total. The van der Waals surface area contributed by atoms with Crippen molar-refractivity contribution >= 4 is 17.5 Å². The second-order valence-electron chi connectivity index (χ2n) is 7.53. The van der Waals surface area contributed by atoms with Crippen LogP contribution in [-0.4, -0.2) is 31.4 Å². The van der Waals surface area contributed by atoms with Crippen LogP contribution >= 0.6 is 0 Å². The van der Waals surface area contributed by atoms with Crippen molar-refractivity contribution in [1.82, 2.24) is 24.5 Å². The number of para-hydroxylation sites is 1. The number of benzene rings is 1. The summed E-state index contributed by atoms with van der Waals surface area (Å²) in [5.74, 6) is -0.925. The molecule has 1 amide bonds. The number of rotatable bonds is 5. The zero-order valence-corrected chi connectivity index (χ0v) is 18.0. The highest BCUT2D eigenvalue weighted by Gasteiger charge is 2.32. The number of aryl methyl sites for hydroxylation is 1. The molecule has 0 radical (unpaired) electrons. The average molecular weight is 472 g/mol. The SMILES string of the molecule is CC(NC(=O)c1cc(-c2ccn3nc(N)nc3c2)c(=O)n(C)c1)c1ccccc1OC(F)(F)F. The topological polar surface area (TPSA) is 117 Å². The molecule has 3 N–H and O–H groups in total. The Balaban J connectivity index is 1.64. The number of nitrogens with one attached hydrogen (secondary N) is 1. The Kier molecular flexibility index (Phi) is 5.73. The van der Waals surface area contributed by atoms with Crippen LogP contribution in [0.2, 0.25) is 0 Å². The molecule has 0 bridgehead atoms. The molecule has 3 heterocycles. The number of nitrogens with two attached hydrogens (primary N) is 1. The summed E-state index contributed by atoms with van der Waals surface area (Å²) in [5.41, 5.74) is 6.67. The van der Waals surface area contributed by atoms with Gasteiger partial charge in [0.05, 0.1) is 11.6 Å². The normalized spacial score (nSPS) is 12.5. The van der Waals surface area contributed by atoms with E-state index in [1.807, 2.05) is 0 Å². The summed E-state index contributed by atoms with van der Waals surface area (Å²) in [6.07, 6.45) is -1.94. The quantitative estimate of drug-likeness (QED) is 0.461. The Bertz CT molecular complexity index is 1440. The third-order valence-corrected chi connectivity index (χ3v) is 5.07. The van der Waals surface area contributed by atoms with Gasteiger partial charge < -0.3 is 20.4 Å². The van der Waals surface area contributed by atoms with Crippen LogP contribution < -0.4 is 21.3 Å². The van der Waals surface area contributed by atoms with Crippen LogP contribution in [0.25, 0.3) is 16.8 Å². The number of ether oxygens (including phenoxy) is 1. The van der Waals surface area contributed by atoms with Crippen molar-refractivity contribution in [3.8, 4) is 16.9 Å². The van der Waals surface area contributed by atoms with Crippen LogP contribution in [0.3, 0.4) is 0 Å². The molecule has 0 aliphatic carbocycles. The molecule has 0 saturated heterocycles. The highest BCUT2D eigenvalue weighted by molar-refractivity contribution is 5.95. The number of carbonyl (C=O) groups is 1. The van der Waals surface area contributed by atoms with Gasteiger partial charge in [0, 0.05) is 30.6 Å². The molecule has 176 valence electrons. The van der Waals surface area contributed by atoms with Gasteiger partial charge in [0.15, 0.2) is 5.65 Å². The van der Waals surface area contributed by atoms with Crippen molar-refractivity contribution in [2.75, 3.05) is 5.73 Å². The number of amides is 1. The van der Waals surface area contributed by atoms with E-state index in [9.17, 15) is 22.8 Å². The van der Waals surface area contributed by atoms with E-state index in [1.54, 1.807) is 24.4 Å². The predicted octanol–water partition coefficient (Wildman–Crippen LogP) is 3.07. The van der Waals surface area contributed by atoms with Gasteiger partial charge in [-0.05, 0) is 36.8 Å². The largest absolute Gasteiger partial charge is 0.573 e. The maximum Gasteiger partial charge on any atom is 0.573 e. The van der Waals surface area contributed by atoms with Gasteiger partial charge in [-0.3, -0.25) is 9.59 Å². The van der Waals surface area contributed by atoms with Crippen LogP contribution in [0.4, 0.5) is 19.1 Å². The monoisotopic (exact) mass is 472 g/mol.